The zero-order chi connectivity index (χ0) is 13.3. The summed E-state index contributed by atoms with van der Waals surface area (Å²) in [6, 6.07) is 3.66. The van der Waals surface area contributed by atoms with Gasteiger partial charge in [0, 0.05) is 18.8 Å². The second-order valence-corrected chi connectivity index (χ2v) is 4.44. The summed E-state index contributed by atoms with van der Waals surface area (Å²) in [5.41, 5.74) is 7.85. The molecular formula is C11H14N6S. The minimum absolute atomic E-state index is 0.254. The van der Waals surface area contributed by atoms with Gasteiger partial charge < -0.3 is 11.1 Å². The zero-order valence-electron chi connectivity index (χ0n) is 10.4. The molecule has 0 aliphatic carbocycles. The molecule has 0 aliphatic heterocycles. The van der Waals surface area contributed by atoms with Crippen LogP contribution in [0.3, 0.4) is 0 Å². The first-order chi connectivity index (χ1) is 8.45. The van der Waals surface area contributed by atoms with Crippen LogP contribution in [0.5, 0.6) is 0 Å². The van der Waals surface area contributed by atoms with E-state index in [1.54, 1.807) is 10.7 Å². The summed E-state index contributed by atoms with van der Waals surface area (Å²) >= 11 is 4.92. The lowest BCUT2D eigenvalue weighted by atomic mass is 10.3. The standard InChI is InChI=1S/C11H14N6S/c1-6-4-8(10(12)18)14-11(13-6)15-9-5-7(2)16-17(9)3/h4-5H,1-3H3,(H2,12,18)(H,13,14,15). The second-order valence-electron chi connectivity index (χ2n) is 4.00. The molecule has 0 saturated carbocycles. The molecule has 3 N–H and O–H groups in total. The number of nitrogens with two attached hydrogens (primary N) is 1. The molecule has 7 heteroatoms. The third-order valence-corrected chi connectivity index (χ3v) is 2.56. The Bertz CT molecular complexity index is 604. The Kier molecular flexibility index (Phi) is 3.24. The van der Waals surface area contributed by atoms with Crippen LogP contribution in [-0.4, -0.2) is 24.7 Å². The maximum absolute atomic E-state index is 5.57. The molecular weight excluding hydrogens is 248 g/mol. The zero-order valence-corrected chi connectivity index (χ0v) is 11.2. The van der Waals surface area contributed by atoms with Gasteiger partial charge in [0.05, 0.1) is 5.69 Å². The summed E-state index contributed by atoms with van der Waals surface area (Å²) in [6.45, 7) is 3.78. The van der Waals surface area contributed by atoms with Crippen molar-refractivity contribution in [2.24, 2.45) is 12.8 Å². The van der Waals surface area contributed by atoms with Crippen molar-refractivity contribution in [2.75, 3.05) is 5.32 Å². The molecule has 0 bridgehead atoms. The Hall–Kier alpha value is -2.02. The molecule has 6 nitrogen and oxygen atoms in total. The number of anilines is 2. The number of aromatic nitrogens is 4. The number of rotatable bonds is 3. The summed E-state index contributed by atoms with van der Waals surface area (Å²) < 4.78 is 1.72. The van der Waals surface area contributed by atoms with E-state index in [2.05, 4.69) is 20.4 Å². The van der Waals surface area contributed by atoms with Crippen LogP contribution in [0.4, 0.5) is 11.8 Å². The van der Waals surface area contributed by atoms with Crippen molar-refractivity contribution in [1.29, 1.82) is 0 Å². The van der Waals surface area contributed by atoms with Crippen molar-refractivity contribution in [3.63, 3.8) is 0 Å². The van der Waals surface area contributed by atoms with Crippen LogP contribution in [0, 0.1) is 13.8 Å². The highest BCUT2D eigenvalue weighted by molar-refractivity contribution is 7.80. The van der Waals surface area contributed by atoms with Crippen molar-refractivity contribution in [3.05, 3.63) is 29.2 Å². The van der Waals surface area contributed by atoms with Gasteiger partial charge in [-0.25, -0.2) is 9.97 Å². The average Bonchev–Trinajstić information content (AvgIpc) is 2.56. The third kappa shape index (κ3) is 2.62. The fourth-order valence-corrected chi connectivity index (χ4v) is 1.70. The molecule has 0 spiro atoms. The predicted molar refractivity (Wildman–Crippen MR) is 73.9 cm³/mol. The molecule has 2 aromatic rings. The van der Waals surface area contributed by atoms with Gasteiger partial charge in [-0.05, 0) is 19.9 Å². The first-order valence-corrected chi connectivity index (χ1v) is 5.79. The Balaban J connectivity index is 2.34. The van der Waals surface area contributed by atoms with E-state index in [0.29, 0.717) is 11.6 Å². The fourth-order valence-electron chi connectivity index (χ4n) is 1.59. The third-order valence-electron chi connectivity index (χ3n) is 2.35. The summed E-state index contributed by atoms with van der Waals surface area (Å²) in [7, 11) is 1.85. The molecule has 0 unspecified atom stereocenters. The lowest BCUT2D eigenvalue weighted by molar-refractivity contribution is 0.763. The molecule has 18 heavy (non-hydrogen) atoms. The lowest BCUT2D eigenvalue weighted by Gasteiger charge is -2.07. The van der Waals surface area contributed by atoms with Gasteiger partial charge in [-0.2, -0.15) is 5.10 Å². The number of hydrogen-bond acceptors (Lipinski definition) is 5. The molecule has 0 amide bonds. The molecule has 2 aromatic heterocycles. The smallest absolute Gasteiger partial charge is 0.229 e. The van der Waals surface area contributed by atoms with E-state index in [-0.39, 0.29) is 4.99 Å². The monoisotopic (exact) mass is 262 g/mol. The number of nitrogens with one attached hydrogen (secondary N) is 1. The Morgan fingerprint density at radius 3 is 2.56 bits per heavy atom. The minimum atomic E-state index is 0.254. The Morgan fingerprint density at radius 1 is 1.28 bits per heavy atom. The highest BCUT2D eigenvalue weighted by Gasteiger charge is 2.07. The van der Waals surface area contributed by atoms with Gasteiger partial charge in [0.25, 0.3) is 0 Å². The molecule has 0 fully saturated rings. The van der Waals surface area contributed by atoms with Crippen molar-refractivity contribution in [2.45, 2.75) is 13.8 Å². The quantitative estimate of drug-likeness (QED) is 0.809. The van der Waals surface area contributed by atoms with E-state index in [0.717, 1.165) is 17.2 Å². The SMILES string of the molecule is Cc1cc(C(N)=S)nc(Nc2cc(C)nn2C)n1. The highest BCUT2D eigenvalue weighted by Crippen LogP contribution is 2.14. The van der Waals surface area contributed by atoms with Gasteiger partial charge in [0.15, 0.2) is 0 Å². The normalized spacial score (nSPS) is 10.4. The van der Waals surface area contributed by atoms with E-state index >= 15 is 0 Å². The first kappa shape index (κ1) is 12.4. The number of hydrogen-bond donors (Lipinski definition) is 2. The van der Waals surface area contributed by atoms with Gasteiger partial charge in [0.2, 0.25) is 5.95 Å². The molecule has 0 saturated heterocycles. The molecule has 2 heterocycles. The van der Waals surface area contributed by atoms with E-state index in [1.807, 2.05) is 27.0 Å². The molecule has 2 rings (SSSR count). The maximum Gasteiger partial charge on any atom is 0.229 e. The first-order valence-electron chi connectivity index (χ1n) is 5.39. The predicted octanol–water partition coefficient (Wildman–Crippen LogP) is 1.20. The van der Waals surface area contributed by atoms with Crippen LogP contribution >= 0.6 is 12.2 Å². The van der Waals surface area contributed by atoms with Crippen LogP contribution in [-0.2, 0) is 7.05 Å². The van der Waals surface area contributed by atoms with E-state index in [1.165, 1.54) is 0 Å². The van der Waals surface area contributed by atoms with Crippen LogP contribution in [0.2, 0.25) is 0 Å². The number of thiocarbonyl (C=S) groups is 1. The van der Waals surface area contributed by atoms with Gasteiger partial charge in [-0.1, -0.05) is 12.2 Å². The van der Waals surface area contributed by atoms with Gasteiger partial charge in [-0.3, -0.25) is 4.68 Å². The topological polar surface area (TPSA) is 81.6 Å². The lowest BCUT2D eigenvalue weighted by Crippen LogP contribution is -2.14. The molecule has 0 radical (unpaired) electrons. The van der Waals surface area contributed by atoms with Crippen LogP contribution in [0.15, 0.2) is 12.1 Å². The number of aryl methyl sites for hydroxylation is 3. The van der Waals surface area contributed by atoms with E-state index in [9.17, 15) is 0 Å². The van der Waals surface area contributed by atoms with Crippen LogP contribution in [0.25, 0.3) is 0 Å². The fraction of sp³-hybridized carbons (Fsp3) is 0.273. The van der Waals surface area contributed by atoms with Crippen molar-refractivity contribution in [1.82, 2.24) is 19.7 Å². The van der Waals surface area contributed by atoms with Crippen LogP contribution < -0.4 is 11.1 Å². The Labute approximate surface area is 110 Å². The van der Waals surface area contributed by atoms with E-state index in [4.69, 9.17) is 18.0 Å². The van der Waals surface area contributed by atoms with Crippen LogP contribution in [0.1, 0.15) is 17.1 Å². The van der Waals surface area contributed by atoms with Crippen molar-refractivity contribution >= 4 is 29.0 Å². The highest BCUT2D eigenvalue weighted by atomic mass is 32.1. The second kappa shape index (κ2) is 4.69. The molecule has 0 atom stereocenters. The summed E-state index contributed by atoms with van der Waals surface area (Å²) in [6.07, 6.45) is 0. The van der Waals surface area contributed by atoms with Crippen molar-refractivity contribution < 1.29 is 0 Å². The molecule has 0 aromatic carbocycles. The van der Waals surface area contributed by atoms with Crippen molar-refractivity contribution in [3.8, 4) is 0 Å². The summed E-state index contributed by atoms with van der Waals surface area (Å²) in [5, 5.41) is 7.33. The van der Waals surface area contributed by atoms with Gasteiger partial charge >= 0.3 is 0 Å². The van der Waals surface area contributed by atoms with Gasteiger partial charge in [0.1, 0.15) is 16.5 Å². The number of nitrogens with zero attached hydrogens (tertiary/aromatic N) is 4. The Morgan fingerprint density at radius 2 is 2.00 bits per heavy atom. The summed E-state index contributed by atoms with van der Waals surface area (Å²) in [5.74, 6) is 1.27. The van der Waals surface area contributed by atoms with E-state index < -0.39 is 0 Å². The minimum Gasteiger partial charge on any atom is -0.388 e. The maximum atomic E-state index is 5.57. The molecule has 0 aliphatic rings. The average molecular weight is 262 g/mol. The molecule has 94 valence electrons. The van der Waals surface area contributed by atoms with Gasteiger partial charge in [-0.15, -0.1) is 0 Å². The largest absolute Gasteiger partial charge is 0.388 e. The summed E-state index contributed by atoms with van der Waals surface area (Å²) in [4.78, 5) is 8.79.